The molecule has 0 amide bonds. The summed E-state index contributed by atoms with van der Waals surface area (Å²) in [5.41, 5.74) is 8.52. The molecule has 18 heavy (non-hydrogen) atoms. The molecule has 1 unspecified atom stereocenters. The van der Waals surface area contributed by atoms with Crippen LogP contribution in [0.3, 0.4) is 0 Å². The quantitative estimate of drug-likeness (QED) is 0.917. The van der Waals surface area contributed by atoms with Crippen LogP contribution in [0, 0.1) is 6.92 Å². The summed E-state index contributed by atoms with van der Waals surface area (Å²) in [6.45, 7) is 5.12. The zero-order chi connectivity index (χ0) is 12.3. The van der Waals surface area contributed by atoms with Gasteiger partial charge in [0.15, 0.2) is 0 Å². The summed E-state index contributed by atoms with van der Waals surface area (Å²) in [5, 5.41) is 0. The normalized spacial score (nSPS) is 20.5. The van der Waals surface area contributed by atoms with Gasteiger partial charge in [0.25, 0.3) is 0 Å². The first-order valence-corrected chi connectivity index (χ1v) is 7.19. The number of hydrogen-bond acceptors (Lipinski definition) is 2. The summed E-state index contributed by atoms with van der Waals surface area (Å²) >= 11 is 3.60. The smallest absolute Gasteiger partial charge is 0.0237 e. The predicted octanol–water partition coefficient (Wildman–Crippen LogP) is 3.49. The topological polar surface area (TPSA) is 29.3 Å². The number of aryl methyl sites for hydroxylation is 1. The van der Waals surface area contributed by atoms with Crippen LogP contribution >= 0.6 is 28.3 Å². The van der Waals surface area contributed by atoms with Crippen molar-refractivity contribution in [3.8, 4) is 0 Å². The Hall–Kier alpha value is -0.0900. The third-order valence-electron chi connectivity index (χ3n) is 3.64. The zero-order valence-electron chi connectivity index (χ0n) is 10.9. The summed E-state index contributed by atoms with van der Waals surface area (Å²) in [7, 11) is 0. The number of nitrogens with zero attached hydrogens (tertiary/aromatic N) is 1. The number of benzene rings is 1. The van der Waals surface area contributed by atoms with Crippen molar-refractivity contribution in [2.75, 3.05) is 13.1 Å². The molecule has 1 aromatic rings. The fraction of sp³-hybridized carbons (Fsp3) is 0.571. The second-order valence-corrected chi connectivity index (χ2v) is 5.79. The lowest BCUT2D eigenvalue weighted by Gasteiger charge is -2.35. The molecule has 0 spiro atoms. The Morgan fingerprint density at radius 1 is 1.39 bits per heavy atom. The van der Waals surface area contributed by atoms with Crippen molar-refractivity contribution in [2.24, 2.45) is 5.73 Å². The monoisotopic (exact) mass is 332 g/mol. The summed E-state index contributed by atoms with van der Waals surface area (Å²) in [6, 6.07) is 7.21. The van der Waals surface area contributed by atoms with E-state index >= 15 is 0 Å². The molecule has 1 saturated heterocycles. The van der Waals surface area contributed by atoms with Gasteiger partial charge in [0.1, 0.15) is 0 Å². The maximum Gasteiger partial charge on any atom is 0.0237 e. The highest BCUT2D eigenvalue weighted by atomic mass is 79.9. The van der Waals surface area contributed by atoms with E-state index in [-0.39, 0.29) is 12.4 Å². The van der Waals surface area contributed by atoms with Gasteiger partial charge in [0.05, 0.1) is 0 Å². The van der Waals surface area contributed by atoms with Gasteiger partial charge in [-0.25, -0.2) is 0 Å². The van der Waals surface area contributed by atoms with Crippen molar-refractivity contribution in [3.05, 3.63) is 33.8 Å². The van der Waals surface area contributed by atoms with Gasteiger partial charge in [-0.2, -0.15) is 0 Å². The SMILES string of the molecule is Cc1ccc(CN2CCCCC2CN)cc1Br.Cl. The summed E-state index contributed by atoms with van der Waals surface area (Å²) < 4.78 is 1.20. The lowest BCUT2D eigenvalue weighted by molar-refractivity contribution is 0.145. The van der Waals surface area contributed by atoms with E-state index in [4.69, 9.17) is 5.73 Å². The van der Waals surface area contributed by atoms with Crippen molar-refractivity contribution < 1.29 is 0 Å². The number of nitrogens with two attached hydrogens (primary N) is 1. The lowest BCUT2D eigenvalue weighted by atomic mass is 10.0. The first-order valence-electron chi connectivity index (χ1n) is 6.40. The average Bonchev–Trinajstić information content (AvgIpc) is 2.34. The Labute approximate surface area is 124 Å². The Morgan fingerprint density at radius 3 is 2.83 bits per heavy atom. The summed E-state index contributed by atoms with van der Waals surface area (Å²) in [5.74, 6) is 0. The van der Waals surface area contributed by atoms with Gasteiger partial charge in [-0.3, -0.25) is 4.90 Å². The molecule has 2 nitrogen and oxygen atoms in total. The molecule has 0 aliphatic carbocycles. The molecule has 4 heteroatoms. The second kappa shape index (κ2) is 7.49. The number of halogens is 2. The van der Waals surface area contributed by atoms with Crippen molar-refractivity contribution in [1.82, 2.24) is 4.90 Å². The standard InChI is InChI=1S/C14H21BrN2.ClH/c1-11-5-6-12(8-14(11)15)10-17-7-3-2-4-13(17)9-16;/h5-6,8,13H,2-4,7,9-10,16H2,1H3;1H. The van der Waals surface area contributed by atoms with Crippen molar-refractivity contribution in [3.63, 3.8) is 0 Å². The third kappa shape index (κ3) is 3.95. The molecule has 1 aliphatic heterocycles. The molecule has 0 aromatic heterocycles. The molecular formula is C14H22BrClN2. The number of likely N-dealkylation sites (tertiary alicyclic amines) is 1. The minimum absolute atomic E-state index is 0. The highest BCUT2D eigenvalue weighted by Crippen LogP contribution is 2.22. The molecule has 1 heterocycles. The minimum atomic E-state index is 0. The van der Waals surface area contributed by atoms with Gasteiger partial charge in [-0.1, -0.05) is 34.5 Å². The molecule has 2 rings (SSSR count). The van der Waals surface area contributed by atoms with Gasteiger partial charge in [-0.15, -0.1) is 12.4 Å². The third-order valence-corrected chi connectivity index (χ3v) is 4.50. The van der Waals surface area contributed by atoms with E-state index in [9.17, 15) is 0 Å². The average molecular weight is 334 g/mol. The van der Waals surface area contributed by atoms with E-state index in [1.54, 1.807) is 0 Å². The molecule has 0 radical (unpaired) electrons. The van der Waals surface area contributed by atoms with Crippen LogP contribution in [0.5, 0.6) is 0 Å². The number of rotatable bonds is 3. The summed E-state index contributed by atoms with van der Waals surface area (Å²) in [4.78, 5) is 2.53. The highest BCUT2D eigenvalue weighted by molar-refractivity contribution is 9.10. The Morgan fingerprint density at radius 2 is 2.17 bits per heavy atom. The van der Waals surface area contributed by atoms with Gasteiger partial charge in [0, 0.05) is 23.6 Å². The fourth-order valence-corrected chi connectivity index (χ4v) is 2.93. The second-order valence-electron chi connectivity index (χ2n) is 4.94. The van der Waals surface area contributed by atoms with Crippen molar-refractivity contribution >= 4 is 28.3 Å². The van der Waals surface area contributed by atoms with Gasteiger partial charge in [-0.05, 0) is 43.5 Å². The van der Waals surface area contributed by atoms with E-state index in [2.05, 4.69) is 46.0 Å². The first-order chi connectivity index (χ1) is 8.20. The van der Waals surface area contributed by atoms with Gasteiger partial charge >= 0.3 is 0 Å². The Balaban J connectivity index is 0.00000162. The first kappa shape index (κ1) is 16.0. The van der Waals surface area contributed by atoms with Crippen LogP contribution in [0.4, 0.5) is 0 Å². The zero-order valence-corrected chi connectivity index (χ0v) is 13.3. The largest absolute Gasteiger partial charge is 0.329 e. The van der Waals surface area contributed by atoms with Crippen LogP contribution in [0.15, 0.2) is 22.7 Å². The summed E-state index contributed by atoms with van der Waals surface area (Å²) in [6.07, 6.45) is 3.89. The van der Waals surface area contributed by atoms with Crippen LogP contribution in [0.25, 0.3) is 0 Å². The van der Waals surface area contributed by atoms with E-state index in [0.717, 1.165) is 13.1 Å². The number of hydrogen-bond donors (Lipinski definition) is 1. The molecular weight excluding hydrogens is 312 g/mol. The molecule has 2 N–H and O–H groups in total. The van der Waals surface area contributed by atoms with Crippen LogP contribution in [0.1, 0.15) is 30.4 Å². The number of piperidine rings is 1. The van der Waals surface area contributed by atoms with Crippen molar-refractivity contribution in [2.45, 2.75) is 38.8 Å². The highest BCUT2D eigenvalue weighted by Gasteiger charge is 2.20. The van der Waals surface area contributed by atoms with Crippen LogP contribution in [-0.2, 0) is 6.54 Å². The molecule has 102 valence electrons. The fourth-order valence-electron chi connectivity index (χ4n) is 2.50. The predicted molar refractivity (Wildman–Crippen MR) is 83.2 cm³/mol. The van der Waals surface area contributed by atoms with Gasteiger partial charge in [0.2, 0.25) is 0 Å². The lowest BCUT2D eigenvalue weighted by Crippen LogP contribution is -2.43. The molecule has 1 aromatic carbocycles. The molecule has 0 saturated carbocycles. The van der Waals surface area contributed by atoms with Crippen LogP contribution in [0.2, 0.25) is 0 Å². The van der Waals surface area contributed by atoms with E-state index in [0.29, 0.717) is 6.04 Å². The van der Waals surface area contributed by atoms with Gasteiger partial charge < -0.3 is 5.73 Å². The van der Waals surface area contributed by atoms with E-state index in [1.165, 1.54) is 41.4 Å². The Bertz CT molecular complexity index is 384. The molecule has 1 aliphatic rings. The van der Waals surface area contributed by atoms with Crippen LogP contribution < -0.4 is 5.73 Å². The molecule has 1 fully saturated rings. The minimum Gasteiger partial charge on any atom is -0.329 e. The Kier molecular flexibility index (Phi) is 6.64. The van der Waals surface area contributed by atoms with E-state index < -0.39 is 0 Å². The maximum absolute atomic E-state index is 5.85. The maximum atomic E-state index is 5.85. The van der Waals surface area contributed by atoms with Crippen molar-refractivity contribution in [1.29, 1.82) is 0 Å². The van der Waals surface area contributed by atoms with E-state index in [1.807, 2.05) is 0 Å². The molecule has 0 bridgehead atoms. The molecule has 1 atom stereocenters. The van der Waals surface area contributed by atoms with Crippen LogP contribution in [-0.4, -0.2) is 24.0 Å².